The third-order valence-electron chi connectivity index (χ3n) is 2.77. The molecule has 100 valence electrons. The van der Waals surface area contributed by atoms with Crippen LogP contribution < -0.4 is 5.32 Å². The molecule has 19 heavy (non-hydrogen) atoms. The molecule has 2 aromatic rings. The van der Waals surface area contributed by atoms with Crippen molar-refractivity contribution in [1.29, 1.82) is 0 Å². The van der Waals surface area contributed by atoms with Crippen LogP contribution in [0.2, 0.25) is 5.02 Å². The average Bonchev–Trinajstić information content (AvgIpc) is 2.95. The number of ether oxygens (including phenoxy) is 1. The molecule has 0 radical (unpaired) electrons. The maximum Gasteiger partial charge on any atom is 0.252 e. The van der Waals surface area contributed by atoms with Gasteiger partial charge in [-0.1, -0.05) is 29.8 Å². The van der Waals surface area contributed by atoms with Gasteiger partial charge in [-0.05, 0) is 17.5 Å². The molecule has 1 N–H and O–H groups in total. The molecule has 0 bridgehead atoms. The predicted octanol–water partition coefficient (Wildman–Crippen LogP) is 3.52. The largest absolute Gasteiger partial charge is 0.375 e. The van der Waals surface area contributed by atoms with Crippen LogP contribution in [0.4, 0.5) is 0 Å². The summed E-state index contributed by atoms with van der Waals surface area (Å²) in [6.45, 7) is 0.384. The van der Waals surface area contributed by atoms with Gasteiger partial charge >= 0.3 is 0 Å². The van der Waals surface area contributed by atoms with Crippen LogP contribution in [0.5, 0.6) is 0 Å². The fourth-order valence-corrected chi connectivity index (χ4v) is 2.63. The Labute approximate surface area is 121 Å². The SMILES string of the molecule is CO[C@@H](CNC(=O)c1ccsc1)c1ccccc1Cl. The molecule has 0 spiro atoms. The van der Waals surface area contributed by atoms with Gasteiger partial charge in [-0.2, -0.15) is 11.3 Å². The second kappa shape index (κ2) is 6.70. The van der Waals surface area contributed by atoms with Gasteiger partial charge in [0.1, 0.15) is 6.10 Å². The molecule has 5 heteroatoms. The Hall–Kier alpha value is -1.36. The van der Waals surface area contributed by atoms with Crippen LogP contribution in [-0.4, -0.2) is 19.6 Å². The zero-order valence-corrected chi connectivity index (χ0v) is 12.0. The summed E-state index contributed by atoms with van der Waals surface area (Å²) in [6, 6.07) is 9.25. The summed E-state index contributed by atoms with van der Waals surface area (Å²) in [5.41, 5.74) is 1.54. The topological polar surface area (TPSA) is 38.3 Å². The van der Waals surface area contributed by atoms with E-state index in [9.17, 15) is 4.79 Å². The molecule has 2 rings (SSSR count). The zero-order valence-electron chi connectivity index (χ0n) is 10.4. The first-order chi connectivity index (χ1) is 9.22. The molecule has 0 aliphatic carbocycles. The van der Waals surface area contributed by atoms with Crippen molar-refractivity contribution in [2.45, 2.75) is 6.10 Å². The van der Waals surface area contributed by atoms with Gasteiger partial charge in [0.2, 0.25) is 0 Å². The van der Waals surface area contributed by atoms with Gasteiger partial charge < -0.3 is 10.1 Å². The molecule has 1 atom stereocenters. The standard InChI is InChI=1S/C14H14ClNO2S/c1-18-13(11-4-2-3-5-12(11)15)8-16-14(17)10-6-7-19-9-10/h2-7,9,13H,8H2,1H3,(H,16,17)/t13-/m0/s1. The van der Waals surface area contributed by atoms with Gasteiger partial charge in [-0.25, -0.2) is 0 Å². The number of benzene rings is 1. The van der Waals surface area contributed by atoms with E-state index in [4.69, 9.17) is 16.3 Å². The molecule has 0 unspecified atom stereocenters. The van der Waals surface area contributed by atoms with Crippen molar-refractivity contribution in [3.63, 3.8) is 0 Å². The number of rotatable bonds is 5. The van der Waals surface area contributed by atoms with Crippen LogP contribution in [0, 0.1) is 0 Å². The fourth-order valence-electron chi connectivity index (χ4n) is 1.74. The first kappa shape index (κ1) is 14.1. The minimum Gasteiger partial charge on any atom is -0.375 e. The number of carbonyl (C=O) groups excluding carboxylic acids is 1. The second-order valence-electron chi connectivity index (χ2n) is 3.97. The van der Waals surface area contributed by atoms with Crippen molar-refractivity contribution < 1.29 is 9.53 Å². The van der Waals surface area contributed by atoms with E-state index in [1.54, 1.807) is 13.2 Å². The van der Waals surface area contributed by atoms with Crippen molar-refractivity contribution in [3.8, 4) is 0 Å². The summed E-state index contributed by atoms with van der Waals surface area (Å²) >= 11 is 7.62. The van der Waals surface area contributed by atoms with Crippen molar-refractivity contribution in [2.24, 2.45) is 0 Å². The number of carbonyl (C=O) groups is 1. The Balaban J connectivity index is 2.01. The Morgan fingerprint density at radius 2 is 2.21 bits per heavy atom. The monoisotopic (exact) mass is 295 g/mol. The molecule has 0 fully saturated rings. The highest BCUT2D eigenvalue weighted by Crippen LogP contribution is 2.24. The normalized spacial score (nSPS) is 12.1. The van der Waals surface area contributed by atoms with Crippen LogP contribution in [0.3, 0.4) is 0 Å². The Bertz CT molecular complexity index is 542. The van der Waals surface area contributed by atoms with E-state index in [0.717, 1.165) is 5.56 Å². The lowest BCUT2D eigenvalue weighted by Gasteiger charge is -2.17. The van der Waals surface area contributed by atoms with Gasteiger partial charge in [0.05, 0.1) is 0 Å². The van der Waals surface area contributed by atoms with E-state index >= 15 is 0 Å². The molecule has 1 aromatic carbocycles. The highest BCUT2D eigenvalue weighted by molar-refractivity contribution is 7.08. The van der Waals surface area contributed by atoms with Crippen LogP contribution >= 0.6 is 22.9 Å². The lowest BCUT2D eigenvalue weighted by Crippen LogP contribution is -2.28. The average molecular weight is 296 g/mol. The maximum absolute atomic E-state index is 11.8. The van der Waals surface area contributed by atoms with Gasteiger partial charge in [0.15, 0.2) is 0 Å². The quantitative estimate of drug-likeness (QED) is 0.916. The lowest BCUT2D eigenvalue weighted by molar-refractivity contribution is 0.0828. The van der Waals surface area contributed by atoms with Crippen LogP contribution in [0.1, 0.15) is 22.0 Å². The molecule has 3 nitrogen and oxygen atoms in total. The number of hydrogen-bond acceptors (Lipinski definition) is 3. The molecular formula is C14H14ClNO2S. The van der Waals surface area contributed by atoms with E-state index in [-0.39, 0.29) is 12.0 Å². The van der Waals surface area contributed by atoms with E-state index in [1.807, 2.05) is 35.0 Å². The number of amides is 1. The summed E-state index contributed by atoms with van der Waals surface area (Å²) in [4.78, 5) is 11.8. The highest BCUT2D eigenvalue weighted by atomic mass is 35.5. The molecule has 0 aliphatic rings. The summed E-state index contributed by atoms with van der Waals surface area (Å²) in [6.07, 6.45) is -0.253. The van der Waals surface area contributed by atoms with Crippen LogP contribution in [-0.2, 0) is 4.74 Å². The van der Waals surface area contributed by atoms with E-state index < -0.39 is 0 Å². The third kappa shape index (κ3) is 3.56. The number of nitrogens with one attached hydrogen (secondary N) is 1. The van der Waals surface area contributed by atoms with Crippen LogP contribution in [0.25, 0.3) is 0 Å². The van der Waals surface area contributed by atoms with Crippen molar-refractivity contribution in [3.05, 3.63) is 57.2 Å². The number of thiophene rings is 1. The molecule has 1 aromatic heterocycles. The molecule has 0 saturated heterocycles. The predicted molar refractivity (Wildman–Crippen MR) is 77.9 cm³/mol. The van der Waals surface area contributed by atoms with Gasteiger partial charge in [0.25, 0.3) is 5.91 Å². The van der Waals surface area contributed by atoms with Crippen LogP contribution in [0.15, 0.2) is 41.1 Å². The van der Waals surface area contributed by atoms with Gasteiger partial charge in [-0.15, -0.1) is 0 Å². The minimum atomic E-state index is -0.253. The minimum absolute atomic E-state index is 0.102. The molecule has 1 amide bonds. The summed E-state index contributed by atoms with van der Waals surface area (Å²) in [7, 11) is 1.60. The summed E-state index contributed by atoms with van der Waals surface area (Å²) in [5.74, 6) is -0.102. The number of hydrogen-bond donors (Lipinski definition) is 1. The Morgan fingerprint density at radius 3 is 2.84 bits per heavy atom. The maximum atomic E-state index is 11.8. The Morgan fingerprint density at radius 1 is 1.42 bits per heavy atom. The van der Waals surface area contributed by atoms with Crippen molar-refractivity contribution >= 4 is 28.8 Å². The molecular weight excluding hydrogens is 282 g/mol. The molecule has 1 heterocycles. The van der Waals surface area contributed by atoms with Crippen molar-refractivity contribution in [1.82, 2.24) is 5.32 Å². The third-order valence-corrected chi connectivity index (χ3v) is 3.80. The number of methoxy groups -OCH3 is 1. The first-order valence-corrected chi connectivity index (χ1v) is 7.12. The first-order valence-electron chi connectivity index (χ1n) is 5.80. The van der Waals surface area contributed by atoms with Gasteiger partial charge in [-0.3, -0.25) is 4.79 Å². The van der Waals surface area contributed by atoms with E-state index in [1.165, 1.54) is 11.3 Å². The zero-order chi connectivity index (χ0) is 13.7. The summed E-state index contributed by atoms with van der Waals surface area (Å²) < 4.78 is 5.39. The van der Waals surface area contributed by atoms with E-state index in [0.29, 0.717) is 17.1 Å². The van der Waals surface area contributed by atoms with Gasteiger partial charge in [0, 0.05) is 35.2 Å². The smallest absolute Gasteiger partial charge is 0.252 e. The molecule has 0 aliphatic heterocycles. The number of halogens is 1. The second-order valence-corrected chi connectivity index (χ2v) is 5.16. The van der Waals surface area contributed by atoms with Crippen molar-refractivity contribution in [2.75, 3.05) is 13.7 Å². The summed E-state index contributed by atoms with van der Waals surface area (Å²) in [5, 5.41) is 7.17. The Kier molecular flexibility index (Phi) is 4.96. The molecule has 0 saturated carbocycles. The lowest BCUT2D eigenvalue weighted by atomic mass is 10.1. The fraction of sp³-hybridized carbons (Fsp3) is 0.214. The van der Waals surface area contributed by atoms with E-state index in [2.05, 4.69) is 5.32 Å². The highest BCUT2D eigenvalue weighted by Gasteiger charge is 2.15.